The van der Waals surface area contributed by atoms with E-state index < -0.39 is 0 Å². The Morgan fingerprint density at radius 2 is 1.76 bits per heavy atom. The molecule has 5 heteroatoms. The summed E-state index contributed by atoms with van der Waals surface area (Å²) in [6.45, 7) is 0.534. The highest BCUT2D eigenvalue weighted by molar-refractivity contribution is 5.89. The van der Waals surface area contributed by atoms with Crippen molar-refractivity contribution in [1.29, 1.82) is 5.26 Å². The third-order valence-corrected chi connectivity index (χ3v) is 2.95. The van der Waals surface area contributed by atoms with Gasteiger partial charge in [-0.2, -0.15) is 5.26 Å². The molecule has 0 aliphatic rings. The van der Waals surface area contributed by atoms with Crippen molar-refractivity contribution in [2.75, 3.05) is 17.6 Å². The molecule has 0 radical (unpaired) electrons. The van der Waals surface area contributed by atoms with Gasteiger partial charge < -0.3 is 16.4 Å². The lowest BCUT2D eigenvalue weighted by Crippen LogP contribution is -2.30. The number of hydrogen-bond acceptors (Lipinski definition) is 3. The highest BCUT2D eigenvalue weighted by atomic mass is 16.2. The van der Waals surface area contributed by atoms with E-state index in [4.69, 9.17) is 11.0 Å². The molecule has 2 aromatic carbocycles. The number of hydrogen-bond donors (Lipinski definition) is 3. The number of anilines is 2. The van der Waals surface area contributed by atoms with Crippen LogP contribution in [0.2, 0.25) is 0 Å². The summed E-state index contributed by atoms with van der Waals surface area (Å²) in [5.41, 5.74) is 8.66. The highest BCUT2D eigenvalue weighted by Crippen LogP contribution is 2.08. The first-order valence-corrected chi connectivity index (χ1v) is 6.57. The van der Waals surface area contributed by atoms with Crippen LogP contribution in [0.4, 0.5) is 16.2 Å². The molecule has 0 saturated carbocycles. The number of amides is 2. The van der Waals surface area contributed by atoms with Gasteiger partial charge in [0, 0.05) is 17.9 Å². The first-order valence-electron chi connectivity index (χ1n) is 6.57. The van der Waals surface area contributed by atoms with E-state index in [1.54, 1.807) is 24.3 Å². The Morgan fingerprint density at radius 3 is 2.38 bits per heavy atom. The number of carbonyl (C=O) groups is 1. The van der Waals surface area contributed by atoms with Crippen molar-refractivity contribution in [2.45, 2.75) is 6.42 Å². The maximum absolute atomic E-state index is 11.7. The lowest BCUT2D eigenvalue weighted by atomic mass is 10.1. The van der Waals surface area contributed by atoms with Crippen molar-refractivity contribution in [1.82, 2.24) is 5.32 Å². The minimum Gasteiger partial charge on any atom is -0.399 e. The van der Waals surface area contributed by atoms with E-state index in [0.29, 0.717) is 17.8 Å². The zero-order valence-corrected chi connectivity index (χ0v) is 11.5. The summed E-state index contributed by atoms with van der Waals surface area (Å²) in [5.74, 6) is 0. The molecule has 5 nitrogen and oxygen atoms in total. The summed E-state index contributed by atoms with van der Waals surface area (Å²) in [6, 6.07) is 16.0. The minimum absolute atomic E-state index is 0.268. The van der Waals surface area contributed by atoms with Crippen LogP contribution in [0.1, 0.15) is 11.1 Å². The standard InChI is InChI=1S/C16H16N4O/c17-11-13-3-7-15(8-4-13)20-16(21)19-10-9-12-1-5-14(18)6-2-12/h1-8H,9-10,18H2,(H2,19,20,21). The van der Waals surface area contributed by atoms with Gasteiger partial charge in [-0.15, -0.1) is 0 Å². The molecular weight excluding hydrogens is 264 g/mol. The normalized spacial score (nSPS) is 9.67. The monoisotopic (exact) mass is 280 g/mol. The van der Waals surface area contributed by atoms with Crippen LogP contribution in [0.3, 0.4) is 0 Å². The smallest absolute Gasteiger partial charge is 0.319 e. The molecule has 0 unspecified atom stereocenters. The van der Waals surface area contributed by atoms with Crippen molar-refractivity contribution in [2.24, 2.45) is 0 Å². The van der Waals surface area contributed by atoms with E-state index in [-0.39, 0.29) is 6.03 Å². The topological polar surface area (TPSA) is 90.9 Å². The summed E-state index contributed by atoms with van der Waals surface area (Å²) in [6.07, 6.45) is 0.737. The Kier molecular flexibility index (Phi) is 4.78. The fraction of sp³-hybridized carbons (Fsp3) is 0.125. The van der Waals surface area contributed by atoms with Gasteiger partial charge in [0.15, 0.2) is 0 Å². The maximum Gasteiger partial charge on any atom is 0.319 e. The number of urea groups is 1. The van der Waals surface area contributed by atoms with Gasteiger partial charge >= 0.3 is 6.03 Å². The summed E-state index contributed by atoms with van der Waals surface area (Å²) in [5, 5.41) is 14.2. The minimum atomic E-state index is -0.268. The molecule has 0 aliphatic carbocycles. The molecule has 0 atom stereocenters. The molecule has 2 aromatic rings. The Morgan fingerprint density at radius 1 is 1.10 bits per heavy atom. The summed E-state index contributed by atoms with van der Waals surface area (Å²) in [4.78, 5) is 11.7. The second-order valence-corrected chi connectivity index (χ2v) is 4.56. The quantitative estimate of drug-likeness (QED) is 0.751. The van der Waals surface area contributed by atoms with E-state index in [2.05, 4.69) is 10.6 Å². The summed E-state index contributed by atoms with van der Waals surface area (Å²) < 4.78 is 0. The molecule has 2 rings (SSSR count). The molecule has 2 amide bonds. The van der Waals surface area contributed by atoms with Crippen molar-refractivity contribution in [3.63, 3.8) is 0 Å². The van der Waals surface area contributed by atoms with Gasteiger partial charge in [0.1, 0.15) is 0 Å². The number of rotatable bonds is 4. The molecule has 0 spiro atoms. The Bertz CT molecular complexity index is 641. The lowest BCUT2D eigenvalue weighted by molar-refractivity contribution is 0.252. The van der Waals surface area contributed by atoms with E-state index in [1.807, 2.05) is 30.3 Å². The zero-order valence-electron chi connectivity index (χ0n) is 11.5. The fourth-order valence-corrected chi connectivity index (χ4v) is 1.81. The third-order valence-electron chi connectivity index (χ3n) is 2.95. The number of nitrogens with two attached hydrogens (primary N) is 1. The summed E-state index contributed by atoms with van der Waals surface area (Å²) in [7, 11) is 0. The van der Waals surface area contributed by atoms with Gasteiger partial charge in [-0.25, -0.2) is 4.79 Å². The van der Waals surface area contributed by atoms with Gasteiger partial charge in [-0.05, 0) is 48.4 Å². The van der Waals surface area contributed by atoms with Gasteiger partial charge in [0.2, 0.25) is 0 Å². The number of benzene rings is 2. The van der Waals surface area contributed by atoms with Gasteiger partial charge in [0.25, 0.3) is 0 Å². The predicted octanol–water partition coefficient (Wildman–Crippen LogP) is 2.50. The van der Waals surface area contributed by atoms with Crippen molar-refractivity contribution < 1.29 is 4.79 Å². The highest BCUT2D eigenvalue weighted by Gasteiger charge is 2.01. The molecule has 0 bridgehead atoms. The van der Waals surface area contributed by atoms with Crippen LogP contribution in [0.5, 0.6) is 0 Å². The molecular formula is C16H16N4O. The molecule has 0 aromatic heterocycles. The van der Waals surface area contributed by atoms with Crippen LogP contribution in [-0.2, 0) is 6.42 Å². The number of nitriles is 1. The largest absolute Gasteiger partial charge is 0.399 e. The van der Waals surface area contributed by atoms with Crippen LogP contribution in [0.25, 0.3) is 0 Å². The second kappa shape index (κ2) is 6.96. The van der Waals surface area contributed by atoms with Gasteiger partial charge in [-0.1, -0.05) is 12.1 Å². The maximum atomic E-state index is 11.7. The van der Waals surface area contributed by atoms with Crippen molar-refractivity contribution in [3.05, 3.63) is 59.7 Å². The molecule has 0 heterocycles. The number of nitrogen functional groups attached to an aromatic ring is 1. The third kappa shape index (κ3) is 4.55. The SMILES string of the molecule is N#Cc1ccc(NC(=O)NCCc2ccc(N)cc2)cc1. The average molecular weight is 280 g/mol. The van der Waals surface area contributed by atoms with E-state index in [0.717, 1.165) is 17.7 Å². The molecule has 4 N–H and O–H groups in total. The molecule has 0 saturated heterocycles. The predicted molar refractivity (Wildman–Crippen MR) is 82.7 cm³/mol. The Hall–Kier alpha value is -3.00. The van der Waals surface area contributed by atoms with Crippen LogP contribution in [-0.4, -0.2) is 12.6 Å². The number of nitrogens with zero attached hydrogens (tertiary/aromatic N) is 1. The molecule has 0 fully saturated rings. The average Bonchev–Trinajstić information content (AvgIpc) is 2.50. The first-order chi connectivity index (χ1) is 10.2. The van der Waals surface area contributed by atoms with Gasteiger partial charge in [0.05, 0.1) is 11.6 Å². The van der Waals surface area contributed by atoms with Crippen molar-refractivity contribution >= 4 is 17.4 Å². The van der Waals surface area contributed by atoms with Crippen molar-refractivity contribution in [3.8, 4) is 6.07 Å². The molecule has 106 valence electrons. The Labute approximate surface area is 123 Å². The molecule has 21 heavy (non-hydrogen) atoms. The van der Waals surface area contributed by atoms with E-state index >= 15 is 0 Å². The Balaban J connectivity index is 1.76. The van der Waals surface area contributed by atoms with E-state index in [1.165, 1.54) is 0 Å². The van der Waals surface area contributed by atoms with Crippen LogP contribution in [0, 0.1) is 11.3 Å². The lowest BCUT2D eigenvalue weighted by Gasteiger charge is -2.08. The van der Waals surface area contributed by atoms with Gasteiger partial charge in [-0.3, -0.25) is 0 Å². The number of carbonyl (C=O) groups excluding carboxylic acids is 1. The van der Waals surface area contributed by atoms with Crippen LogP contribution in [0.15, 0.2) is 48.5 Å². The summed E-state index contributed by atoms with van der Waals surface area (Å²) >= 11 is 0. The second-order valence-electron chi connectivity index (χ2n) is 4.56. The zero-order chi connectivity index (χ0) is 15.1. The number of nitrogens with one attached hydrogen (secondary N) is 2. The molecule has 0 aliphatic heterocycles. The van der Waals surface area contributed by atoms with Crippen LogP contribution < -0.4 is 16.4 Å². The van der Waals surface area contributed by atoms with E-state index in [9.17, 15) is 4.79 Å². The fourth-order valence-electron chi connectivity index (χ4n) is 1.81. The first kappa shape index (κ1) is 14.4. The van der Waals surface area contributed by atoms with Crippen LogP contribution >= 0.6 is 0 Å².